The molecule has 0 saturated heterocycles. The van der Waals surface area contributed by atoms with Gasteiger partial charge >= 0.3 is 0 Å². The first kappa shape index (κ1) is 10.4. The van der Waals surface area contributed by atoms with Crippen molar-refractivity contribution in [3.63, 3.8) is 0 Å². The molecular weight excluding hydrogens is 174 g/mol. The summed E-state index contributed by atoms with van der Waals surface area (Å²) in [6.45, 7) is 6.21. The highest BCUT2D eigenvalue weighted by Crippen LogP contribution is 2.16. The molecule has 0 bridgehead atoms. The number of benzene rings is 1. The van der Waals surface area contributed by atoms with Gasteiger partial charge in [-0.25, -0.2) is 9.79 Å². The van der Waals surface area contributed by atoms with Gasteiger partial charge in [-0.15, -0.1) is 0 Å². The van der Waals surface area contributed by atoms with Crippen LogP contribution < -0.4 is 0 Å². The minimum absolute atomic E-state index is 0.260. The third-order valence-corrected chi connectivity index (χ3v) is 2.17. The van der Waals surface area contributed by atoms with Crippen molar-refractivity contribution < 1.29 is 4.79 Å². The average Bonchev–Trinajstić information content (AvgIpc) is 2.26. The minimum Gasteiger partial charge on any atom is -0.211 e. The largest absolute Gasteiger partial charge is 0.234 e. The van der Waals surface area contributed by atoms with E-state index in [1.165, 1.54) is 5.56 Å². The highest BCUT2D eigenvalue weighted by Gasteiger charge is 2.03. The van der Waals surface area contributed by atoms with Crippen LogP contribution in [0.15, 0.2) is 35.8 Å². The molecule has 1 atom stereocenters. The van der Waals surface area contributed by atoms with Gasteiger partial charge in [0.2, 0.25) is 6.08 Å². The molecule has 1 aromatic carbocycles. The van der Waals surface area contributed by atoms with Gasteiger partial charge in [0.15, 0.2) is 0 Å². The summed E-state index contributed by atoms with van der Waals surface area (Å²) in [4.78, 5) is 13.5. The molecule has 0 aliphatic rings. The standard InChI is InChI=1S/C12H13NO/c1-3-11-4-6-12(7-5-11)10(2)8-13-9-14/h3-7,10H,1,8H2,2H3. The molecule has 2 nitrogen and oxygen atoms in total. The third kappa shape index (κ3) is 2.68. The Balaban J connectivity index is 2.75. The molecule has 72 valence electrons. The normalized spacial score (nSPS) is 11.5. The van der Waals surface area contributed by atoms with Gasteiger partial charge in [0, 0.05) is 5.92 Å². The topological polar surface area (TPSA) is 29.4 Å². The quantitative estimate of drug-likeness (QED) is 0.526. The summed E-state index contributed by atoms with van der Waals surface area (Å²) in [5.74, 6) is 0.260. The first-order valence-electron chi connectivity index (χ1n) is 4.54. The van der Waals surface area contributed by atoms with Gasteiger partial charge in [-0.1, -0.05) is 43.8 Å². The number of hydrogen-bond donors (Lipinski definition) is 0. The van der Waals surface area contributed by atoms with Crippen LogP contribution in [0.5, 0.6) is 0 Å². The number of carbonyl (C=O) groups excluding carboxylic acids is 1. The van der Waals surface area contributed by atoms with Crippen LogP contribution in [0.3, 0.4) is 0 Å². The third-order valence-electron chi connectivity index (χ3n) is 2.17. The van der Waals surface area contributed by atoms with Crippen LogP contribution >= 0.6 is 0 Å². The predicted molar refractivity (Wildman–Crippen MR) is 57.9 cm³/mol. The van der Waals surface area contributed by atoms with E-state index in [4.69, 9.17) is 0 Å². The highest BCUT2D eigenvalue weighted by molar-refractivity contribution is 5.47. The molecule has 0 saturated carbocycles. The number of aliphatic imine (C=N–C) groups is 1. The van der Waals surface area contributed by atoms with Crippen molar-refractivity contribution in [1.29, 1.82) is 0 Å². The minimum atomic E-state index is 0.260. The van der Waals surface area contributed by atoms with E-state index in [2.05, 4.69) is 11.6 Å². The molecule has 1 rings (SSSR count). The monoisotopic (exact) mass is 187 g/mol. The first-order chi connectivity index (χ1) is 6.77. The SMILES string of the molecule is C=Cc1ccc(C(C)CN=C=O)cc1. The lowest BCUT2D eigenvalue weighted by molar-refractivity contribution is 0.561. The van der Waals surface area contributed by atoms with Gasteiger partial charge in [-0.3, -0.25) is 0 Å². The molecule has 0 aliphatic carbocycles. The second-order valence-electron chi connectivity index (χ2n) is 3.20. The molecule has 0 fully saturated rings. The Morgan fingerprint density at radius 2 is 2.14 bits per heavy atom. The fraction of sp³-hybridized carbons (Fsp3) is 0.250. The molecule has 2 heteroatoms. The lowest BCUT2D eigenvalue weighted by Crippen LogP contribution is -1.97. The van der Waals surface area contributed by atoms with Gasteiger partial charge in [0.25, 0.3) is 0 Å². The van der Waals surface area contributed by atoms with E-state index < -0.39 is 0 Å². The summed E-state index contributed by atoms with van der Waals surface area (Å²) < 4.78 is 0. The van der Waals surface area contributed by atoms with Gasteiger partial charge in [-0.2, -0.15) is 0 Å². The highest BCUT2D eigenvalue weighted by atomic mass is 16.1. The Bertz CT molecular complexity index is 347. The van der Waals surface area contributed by atoms with E-state index in [0.717, 1.165) is 5.56 Å². The van der Waals surface area contributed by atoms with Crippen LogP contribution in [0.25, 0.3) is 6.08 Å². The zero-order chi connectivity index (χ0) is 10.4. The summed E-state index contributed by atoms with van der Waals surface area (Å²) in [7, 11) is 0. The van der Waals surface area contributed by atoms with E-state index in [1.54, 1.807) is 12.2 Å². The second-order valence-corrected chi connectivity index (χ2v) is 3.20. The number of hydrogen-bond acceptors (Lipinski definition) is 2. The van der Waals surface area contributed by atoms with Crippen LogP contribution in [-0.4, -0.2) is 12.6 Å². The number of isocyanates is 1. The molecule has 0 amide bonds. The van der Waals surface area contributed by atoms with E-state index in [9.17, 15) is 4.79 Å². The Kier molecular flexibility index (Phi) is 3.84. The summed E-state index contributed by atoms with van der Waals surface area (Å²) in [5.41, 5.74) is 2.27. The van der Waals surface area contributed by atoms with Crippen molar-refractivity contribution in [2.24, 2.45) is 4.99 Å². The molecule has 14 heavy (non-hydrogen) atoms. The Morgan fingerprint density at radius 1 is 1.50 bits per heavy atom. The Labute approximate surface area is 84.0 Å². The smallest absolute Gasteiger partial charge is 0.211 e. The van der Waals surface area contributed by atoms with Gasteiger partial charge < -0.3 is 0 Å². The Morgan fingerprint density at radius 3 is 2.64 bits per heavy atom. The second kappa shape index (κ2) is 5.15. The Hall–Kier alpha value is -1.66. The fourth-order valence-corrected chi connectivity index (χ4v) is 1.24. The molecular formula is C12H13NO. The first-order valence-corrected chi connectivity index (χ1v) is 4.54. The van der Waals surface area contributed by atoms with Crippen molar-refractivity contribution in [3.05, 3.63) is 42.0 Å². The van der Waals surface area contributed by atoms with Crippen LogP contribution in [0.4, 0.5) is 0 Å². The van der Waals surface area contributed by atoms with Gasteiger partial charge in [0.05, 0.1) is 6.54 Å². The summed E-state index contributed by atoms with van der Waals surface area (Å²) in [5, 5.41) is 0. The molecule has 0 radical (unpaired) electrons. The van der Waals surface area contributed by atoms with Gasteiger partial charge in [0.1, 0.15) is 0 Å². The summed E-state index contributed by atoms with van der Waals surface area (Å²) >= 11 is 0. The van der Waals surface area contributed by atoms with E-state index in [-0.39, 0.29) is 5.92 Å². The predicted octanol–water partition coefficient (Wildman–Crippen LogP) is 2.77. The van der Waals surface area contributed by atoms with E-state index >= 15 is 0 Å². The van der Waals surface area contributed by atoms with Crippen LogP contribution in [0.1, 0.15) is 24.0 Å². The van der Waals surface area contributed by atoms with E-state index in [0.29, 0.717) is 6.54 Å². The maximum absolute atomic E-state index is 9.94. The maximum atomic E-state index is 9.94. The molecule has 0 aromatic heterocycles. The lowest BCUT2D eigenvalue weighted by Gasteiger charge is -2.07. The lowest BCUT2D eigenvalue weighted by atomic mass is 10.00. The van der Waals surface area contributed by atoms with Crippen molar-refractivity contribution in [3.8, 4) is 0 Å². The van der Waals surface area contributed by atoms with Crippen molar-refractivity contribution >= 4 is 12.2 Å². The van der Waals surface area contributed by atoms with Crippen molar-refractivity contribution in [2.45, 2.75) is 12.8 Å². The zero-order valence-corrected chi connectivity index (χ0v) is 8.23. The van der Waals surface area contributed by atoms with Gasteiger partial charge in [-0.05, 0) is 11.1 Å². The van der Waals surface area contributed by atoms with Crippen LogP contribution in [-0.2, 0) is 4.79 Å². The maximum Gasteiger partial charge on any atom is 0.234 e. The number of nitrogens with zero attached hydrogens (tertiary/aromatic N) is 1. The van der Waals surface area contributed by atoms with Crippen LogP contribution in [0.2, 0.25) is 0 Å². The molecule has 1 aromatic rings. The van der Waals surface area contributed by atoms with Crippen molar-refractivity contribution in [2.75, 3.05) is 6.54 Å². The van der Waals surface area contributed by atoms with Crippen LogP contribution in [0, 0.1) is 0 Å². The average molecular weight is 187 g/mol. The molecule has 0 heterocycles. The van der Waals surface area contributed by atoms with Crippen molar-refractivity contribution in [1.82, 2.24) is 0 Å². The molecule has 0 aliphatic heterocycles. The summed E-state index contributed by atoms with van der Waals surface area (Å²) in [6.07, 6.45) is 3.35. The summed E-state index contributed by atoms with van der Waals surface area (Å²) in [6, 6.07) is 8.07. The number of rotatable bonds is 4. The molecule has 0 spiro atoms. The molecule has 1 unspecified atom stereocenters. The molecule has 0 N–H and O–H groups in total. The van der Waals surface area contributed by atoms with E-state index in [1.807, 2.05) is 31.2 Å². The fourth-order valence-electron chi connectivity index (χ4n) is 1.24. The zero-order valence-electron chi connectivity index (χ0n) is 8.23.